The van der Waals surface area contributed by atoms with Gasteiger partial charge in [0.05, 0.1) is 17.7 Å². The molecular formula is C19H23NO5. The summed E-state index contributed by atoms with van der Waals surface area (Å²) in [5, 5.41) is 0. The first-order valence-corrected chi connectivity index (χ1v) is 8.25. The molecule has 0 aromatic heterocycles. The van der Waals surface area contributed by atoms with E-state index in [1.165, 1.54) is 6.92 Å². The second-order valence-electron chi connectivity index (χ2n) is 7.15. The zero-order valence-electron chi connectivity index (χ0n) is 15.2. The first-order valence-electron chi connectivity index (χ1n) is 8.25. The Morgan fingerprint density at radius 1 is 1.12 bits per heavy atom. The van der Waals surface area contributed by atoms with Crippen molar-refractivity contribution in [2.45, 2.75) is 40.0 Å². The molecule has 1 aromatic carbocycles. The van der Waals surface area contributed by atoms with E-state index in [-0.39, 0.29) is 18.6 Å². The van der Waals surface area contributed by atoms with E-state index in [2.05, 4.69) is 0 Å². The van der Waals surface area contributed by atoms with Crippen LogP contribution in [0.15, 0.2) is 18.2 Å². The van der Waals surface area contributed by atoms with Gasteiger partial charge in [-0.25, -0.2) is 0 Å². The Labute approximate surface area is 147 Å². The predicted molar refractivity (Wildman–Crippen MR) is 91.3 cm³/mol. The third-order valence-electron chi connectivity index (χ3n) is 4.26. The Hall–Kier alpha value is -2.50. The number of fused-ring (bicyclic) bond motifs is 1. The summed E-state index contributed by atoms with van der Waals surface area (Å²) in [6.45, 7) is 8.74. The van der Waals surface area contributed by atoms with Crippen molar-refractivity contribution in [3.63, 3.8) is 0 Å². The van der Waals surface area contributed by atoms with Crippen molar-refractivity contribution < 1.29 is 23.9 Å². The van der Waals surface area contributed by atoms with Gasteiger partial charge in [-0.05, 0) is 37.0 Å². The van der Waals surface area contributed by atoms with Gasteiger partial charge in [0.25, 0.3) is 11.8 Å². The average Bonchev–Trinajstić information content (AvgIpc) is 2.75. The number of benzene rings is 1. The molecule has 1 unspecified atom stereocenters. The lowest BCUT2D eigenvalue weighted by Crippen LogP contribution is -2.40. The number of esters is 1. The van der Waals surface area contributed by atoms with Crippen LogP contribution in [-0.2, 0) is 19.7 Å². The number of amides is 2. The van der Waals surface area contributed by atoms with Crippen molar-refractivity contribution >= 4 is 23.6 Å². The van der Waals surface area contributed by atoms with Crippen LogP contribution in [0, 0.1) is 5.92 Å². The number of hydrogen-bond acceptors (Lipinski definition) is 5. The Morgan fingerprint density at radius 2 is 1.72 bits per heavy atom. The molecule has 1 aromatic rings. The molecule has 25 heavy (non-hydrogen) atoms. The molecule has 1 aliphatic heterocycles. The van der Waals surface area contributed by atoms with Crippen LogP contribution in [0.2, 0.25) is 0 Å². The largest absolute Gasteiger partial charge is 0.465 e. The highest BCUT2D eigenvalue weighted by atomic mass is 16.5. The molecule has 0 bridgehead atoms. The third-order valence-corrected chi connectivity index (χ3v) is 4.26. The van der Waals surface area contributed by atoms with Gasteiger partial charge in [-0.3, -0.25) is 24.1 Å². The monoisotopic (exact) mass is 345 g/mol. The van der Waals surface area contributed by atoms with Crippen molar-refractivity contribution in [3.8, 4) is 0 Å². The van der Waals surface area contributed by atoms with E-state index in [1.807, 2.05) is 26.8 Å². The number of imide groups is 1. The van der Waals surface area contributed by atoms with E-state index < -0.39 is 29.5 Å². The second-order valence-corrected chi connectivity index (χ2v) is 7.15. The maximum Gasteiger partial charge on any atom is 0.318 e. The number of rotatable bonds is 5. The van der Waals surface area contributed by atoms with Crippen LogP contribution in [-0.4, -0.2) is 41.6 Å². The molecule has 1 aliphatic rings. The van der Waals surface area contributed by atoms with Gasteiger partial charge in [0, 0.05) is 6.54 Å². The smallest absolute Gasteiger partial charge is 0.318 e. The summed E-state index contributed by atoms with van der Waals surface area (Å²) in [7, 11) is 0. The number of ketones is 1. The van der Waals surface area contributed by atoms with Gasteiger partial charge >= 0.3 is 5.97 Å². The molecule has 1 atom stereocenters. The fourth-order valence-corrected chi connectivity index (χ4v) is 2.72. The Bertz CT molecular complexity index is 745. The minimum atomic E-state index is -1.16. The highest BCUT2D eigenvalue weighted by Gasteiger charge is 2.40. The molecule has 0 aliphatic carbocycles. The lowest BCUT2D eigenvalue weighted by Gasteiger charge is -2.19. The number of Topliss-reactive ketones (excluding diaryl/α,β-unsaturated/α-hetero) is 1. The summed E-state index contributed by atoms with van der Waals surface area (Å²) in [5.41, 5.74) is 1.37. The molecule has 134 valence electrons. The molecule has 0 saturated carbocycles. The van der Waals surface area contributed by atoms with Gasteiger partial charge < -0.3 is 4.74 Å². The van der Waals surface area contributed by atoms with Crippen molar-refractivity contribution in [2.75, 3.05) is 13.2 Å². The van der Waals surface area contributed by atoms with Crippen LogP contribution < -0.4 is 0 Å². The van der Waals surface area contributed by atoms with Crippen LogP contribution >= 0.6 is 0 Å². The van der Waals surface area contributed by atoms with Crippen molar-refractivity contribution in [3.05, 3.63) is 34.9 Å². The van der Waals surface area contributed by atoms with Crippen LogP contribution in [0.4, 0.5) is 0 Å². The van der Waals surface area contributed by atoms with Gasteiger partial charge in [-0.1, -0.05) is 26.8 Å². The minimum Gasteiger partial charge on any atom is -0.465 e. The van der Waals surface area contributed by atoms with Gasteiger partial charge in [0.1, 0.15) is 11.7 Å². The summed E-state index contributed by atoms with van der Waals surface area (Å²) < 4.78 is 4.88. The summed E-state index contributed by atoms with van der Waals surface area (Å²) in [5.74, 6) is -3.30. The van der Waals surface area contributed by atoms with Crippen LogP contribution in [0.25, 0.3) is 0 Å². The van der Waals surface area contributed by atoms with E-state index in [9.17, 15) is 19.2 Å². The van der Waals surface area contributed by atoms with Gasteiger partial charge in [0.15, 0.2) is 0 Å². The van der Waals surface area contributed by atoms with E-state index in [0.717, 1.165) is 10.5 Å². The maximum absolute atomic E-state index is 12.7. The fourth-order valence-electron chi connectivity index (χ4n) is 2.72. The Morgan fingerprint density at radius 3 is 2.24 bits per heavy atom. The SMILES string of the molecule is CCOC(=O)C(CN1C(=O)c2ccc(C(C)(C)C)cc2C1=O)C(C)=O. The molecule has 0 spiro atoms. The lowest BCUT2D eigenvalue weighted by molar-refractivity contribution is -0.151. The van der Waals surface area contributed by atoms with Crippen molar-refractivity contribution in [1.82, 2.24) is 4.90 Å². The van der Waals surface area contributed by atoms with Crippen LogP contribution in [0.1, 0.15) is 60.9 Å². The third kappa shape index (κ3) is 3.62. The normalized spacial score (nSPS) is 15.2. The van der Waals surface area contributed by atoms with Gasteiger partial charge in [-0.2, -0.15) is 0 Å². The Kier molecular flexibility index (Phi) is 5.11. The molecular weight excluding hydrogens is 322 g/mol. The summed E-state index contributed by atoms with van der Waals surface area (Å²) in [6, 6.07) is 5.16. The summed E-state index contributed by atoms with van der Waals surface area (Å²) >= 11 is 0. The molecule has 6 nitrogen and oxygen atoms in total. The molecule has 2 amide bonds. The number of carbonyl (C=O) groups is 4. The first-order chi connectivity index (χ1) is 11.6. The first kappa shape index (κ1) is 18.8. The molecule has 0 saturated heterocycles. The summed E-state index contributed by atoms with van der Waals surface area (Å²) in [6.07, 6.45) is 0. The van der Waals surface area contributed by atoms with E-state index in [0.29, 0.717) is 11.1 Å². The zero-order valence-corrected chi connectivity index (χ0v) is 15.2. The highest BCUT2D eigenvalue weighted by molar-refractivity contribution is 6.21. The van der Waals surface area contributed by atoms with E-state index in [4.69, 9.17) is 4.74 Å². The van der Waals surface area contributed by atoms with Gasteiger partial charge in [0.2, 0.25) is 0 Å². The number of carbonyl (C=O) groups excluding carboxylic acids is 4. The molecule has 0 N–H and O–H groups in total. The maximum atomic E-state index is 12.7. The molecule has 2 rings (SSSR count). The van der Waals surface area contributed by atoms with E-state index >= 15 is 0 Å². The molecule has 0 fully saturated rings. The highest BCUT2D eigenvalue weighted by Crippen LogP contribution is 2.30. The number of nitrogens with zero attached hydrogens (tertiary/aromatic N) is 1. The standard InChI is InChI=1S/C19H23NO5/c1-6-25-18(24)15(11(2)21)10-20-16(22)13-8-7-12(19(3,4)5)9-14(13)17(20)23/h7-9,15H,6,10H2,1-5H3. The quantitative estimate of drug-likeness (QED) is 0.465. The van der Waals surface area contributed by atoms with Crippen molar-refractivity contribution in [2.24, 2.45) is 5.92 Å². The van der Waals surface area contributed by atoms with E-state index in [1.54, 1.807) is 19.1 Å². The Balaban J connectivity index is 2.32. The molecule has 0 radical (unpaired) electrons. The van der Waals surface area contributed by atoms with Crippen molar-refractivity contribution in [1.29, 1.82) is 0 Å². The topological polar surface area (TPSA) is 80.8 Å². The minimum absolute atomic E-state index is 0.125. The van der Waals surface area contributed by atoms with Crippen LogP contribution in [0.3, 0.4) is 0 Å². The fraction of sp³-hybridized carbons (Fsp3) is 0.474. The second kappa shape index (κ2) is 6.78. The molecule has 1 heterocycles. The average molecular weight is 345 g/mol. The molecule has 6 heteroatoms. The van der Waals surface area contributed by atoms with Crippen LogP contribution in [0.5, 0.6) is 0 Å². The van der Waals surface area contributed by atoms with Gasteiger partial charge in [-0.15, -0.1) is 0 Å². The number of hydrogen-bond donors (Lipinski definition) is 0. The number of ether oxygens (including phenoxy) is 1. The summed E-state index contributed by atoms with van der Waals surface area (Å²) in [4.78, 5) is 49.9. The zero-order chi connectivity index (χ0) is 18.9. The lowest BCUT2D eigenvalue weighted by atomic mass is 9.85. The predicted octanol–water partition coefficient (Wildman–Crippen LogP) is 2.35.